The van der Waals surface area contributed by atoms with Crippen LogP contribution in [0.1, 0.15) is 53.9 Å². The minimum Gasteiger partial charge on any atom is -0.496 e. The SMILES string of the molecule is COCCCN1C(=O)CCc2ccc(COC3CNCC[C@@H]3c3ccc(OCCCOCc4ccccc4OC)cc3)cc21. The zero-order valence-corrected chi connectivity index (χ0v) is 26.1. The number of para-hydroxylation sites is 1. The largest absolute Gasteiger partial charge is 0.496 e. The van der Waals surface area contributed by atoms with Gasteiger partial charge in [0.25, 0.3) is 0 Å². The average molecular weight is 603 g/mol. The van der Waals surface area contributed by atoms with Crippen LogP contribution in [0.2, 0.25) is 0 Å². The number of hydrogen-bond acceptors (Lipinski definition) is 7. The van der Waals surface area contributed by atoms with Crippen LogP contribution in [0.3, 0.4) is 0 Å². The Morgan fingerprint density at radius 2 is 1.77 bits per heavy atom. The Hall–Kier alpha value is -3.43. The smallest absolute Gasteiger partial charge is 0.227 e. The van der Waals surface area contributed by atoms with Crippen molar-refractivity contribution in [2.45, 2.75) is 57.3 Å². The topological polar surface area (TPSA) is 78.5 Å². The molecule has 0 aromatic heterocycles. The third-order valence-corrected chi connectivity index (χ3v) is 8.43. The predicted molar refractivity (Wildman–Crippen MR) is 172 cm³/mol. The molecule has 1 N–H and O–H groups in total. The number of methoxy groups -OCH3 is 2. The molecule has 236 valence electrons. The van der Waals surface area contributed by atoms with Gasteiger partial charge < -0.3 is 33.9 Å². The van der Waals surface area contributed by atoms with Crippen LogP contribution in [-0.2, 0) is 38.6 Å². The Bertz CT molecular complexity index is 1330. The number of anilines is 1. The van der Waals surface area contributed by atoms with Gasteiger partial charge >= 0.3 is 0 Å². The molecule has 8 nitrogen and oxygen atoms in total. The highest BCUT2D eigenvalue weighted by atomic mass is 16.5. The summed E-state index contributed by atoms with van der Waals surface area (Å²) in [4.78, 5) is 14.6. The fourth-order valence-electron chi connectivity index (χ4n) is 6.04. The van der Waals surface area contributed by atoms with E-state index < -0.39 is 0 Å². The maximum absolute atomic E-state index is 12.7. The van der Waals surface area contributed by atoms with E-state index in [0.717, 1.165) is 67.1 Å². The Morgan fingerprint density at radius 1 is 0.909 bits per heavy atom. The van der Waals surface area contributed by atoms with E-state index in [0.29, 0.717) is 51.9 Å². The number of hydrogen-bond donors (Lipinski definition) is 1. The van der Waals surface area contributed by atoms with E-state index >= 15 is 0 Å². The number of fused-ring (bicyclic) bond motifs is 1. The normalized spacial score (nSPS) is 18.2. The number of rotatable bonds is 16. The average Bonchev–Trinajstić information content (AvgIpc) is 3.07. The first kappa shape index (κ1) is 32.0. The van der Waals surface area contributed by atoms with Gasteiger partial charge in [0.2, 0.25) is 5.91 Å². The van der Waals surface area contributed by atoms with E-state index in [1.54, 1.807) is 14.2 Å². The quantitative estimate of drug-likeness (QED) is 0.212. The van der Waals surface area contributed by atoms with Crippen molar-refractivity contribution in [1.29, 1.82) is 0 Å². The van der Waals surface area contributed by atoms with Crippen LogP contribution in [0.15, 0.2) is 66.7 Å². The van der Waals surface area contributed by atoms with E-state index in [4.69, 9.17) is 23.7 Å². The van der Waals surface area contributed by atoms with E-state index in [1.165, 1.54) is 11.1 Å². The molecule has 3 aromatic rings. The summed E-state index contributed by atoms with van der Waals surface area (Å²) in [5, 5.41) is 3.50. The fourth-order valence-corrected chi connectivity index (χ4v) is 6.04. The standard InChI is InChI=1S/C36H46N2O6/c1-40-20-5-19-38-33-23-27(9-10-29(33)13-16-36(38)39)25-44-35-24-37-18-17-32(35)28-11-14-31(15-12-28)43-22-6-21-42-26-30-7-3-4-8-34(30)41-2/h3-4,7-12,14-15,23,32,35,37H,5-6,13,16-22,24-26H2,1-2H3/t32-,35?/m1/s1. The number of piperidine rings is 1. The summed E-state index contributed by atoms with van der Waals surface area (Å²) in [7, 11) is 3.37. The predicted octanol–water partition coefficient (Wildman–Crippen LogP) is 5.66. The molecule has 0 saturated carbocycles. The zero-order chi connectivity index (χ0) is 30.6. The molecule has 44 heavy (non-hydrogen) atoms. The number of aryl methyl sites for hydroxylation is 1. The van der Waals surface area contributed by atoms with Crippen molar-refractivity contribution in [3.05, 3.63) is 89.0 Å². The van der Waals surface area contributed by atoms with E-state index in [9.17, 15) is 4.79 Å². The summed E-state index contributed by atoms with van der Waals surface area (Å²) in [6.07, 6.45) is 4.06. The highest BCUT2D eigenvalue weighted by Gasteiger charge is 2.28. The van der Waals surface area contributed by atoms with Crippen molar-refractivity contribution in [2.24, 2.45) is 0 Å². The molecule has 1 amide bonds. The van der Waals surface area contributed by atoms with Crippen LogP contribution in [0, 0.1) is 0 Å². The molecule has 2 aliphatic heterocycles. The molecule has 1 fully saturated rings. The summed E-state index contributed by atoms with van der Waals surface area (Å²) in [6, 6.07) is 22.8. The molecule has 0 spiro atoms. The number of carbonyl (C=O) groups excluding carboxylic acids is 1. The maximum atomic E-state index is 12.7. The molecule has 1 unspecified atom stereocenters. The lowest BCUT2D eigenvalue weighted by Gasteiger charge is -2.33. The second-order valence-electron chi connectivity index (χ2n) is 11.4. The molecular formula is C36H46N2O6. The zero-order valence-electron chi connectivity index (χ0n) is 26.1. The maximum Gasteiger partial charge on any atom is 0.227 e. The molecule has 5 rings (SSSR count). The van der Waals surface area contributed by atoms with Gasteiger partial charge in [-0.15, -0.1) is 0 Å². The van der Waals surface area contributed by atoms with Crippen molar-refractivity contribution >= 4 is 11.6 Å². The molecule has 2 aliphatic rings. The Balaban J connectivity index is 1.10. The van der Waals surface area contributed by atoms with Crippen LogP contribution in [0.25, 0.3) is 0 Å². The Labute approximate surface area is 261 Å². The fraction of sp³-hybridized carbons (Fsp3) is 0.472. The molecule has 0 bridgehead atoms. The van der Waals surface area contributed by atoms with Gasteiger partial charge in [-0.05, 0) is 66.8 Å². The highest BCUT2D eigenvalue weighted by Crippen LogP contribution is 2.32. The van der Waals surface area contributed by atoms with Crippen molar-refractivity contribution in [2.75, 3.05) is 58.6 Å². The lowest BCUT2D eigenvalue weighted by atomic mass is 9.87. The van der Waals surface area contributed by atoms with Crippen molar-refractivity contribution in [1.82, 2.24) is 5.32 Å². The molecule has 0 aliphatic carbocycles. The Kier molecular flexibility index (Phi) is 12.1. The minimum atomic E-state index is 0.0615. The number of nitrogens with zero attached hydrogens (tertiary/aromatic N) is 1. The molecule has 3 aromatic carbocycles. The van der Waals surface area contributed by atoms with E-state index in [2.05, 4.69) is 47.8 Å². The van der Waals surface area contributed by atoms with Crippen LogP contribution in [0.4, 0.5) is 5.69 Å². The van der Waals surface area contributed by atoms with Gasteiger partial charge in [0.05, 0.1) is 39.6 Å². The monoisotopic (exact) mass is 602 g/mol. The lowest BCUT2D eigenvalue weighted by Crippen LogP contribution is -2.41. The first-order chi connectivity index (χ1) is 21.7. The van der Waals surface area contributed by atoms with Crippen LogP contribution < -0.4 is 19.7 Å². The van der Waals surface area contributed by atoms with Gasteiger partial charge in [-0.1, -0.05) is 42.5 Å². The summed E-state index contributed by atoms with van der Waals surface area (Å²) in [5.41, 5.74) is 5.66. The van der Waals surface area contributed by atoms with Crippen LogP contribution in [0.5, 0.6) is 11.5 Å². The third kappa shape index (κ3) is 8.60. The van der Waals surface area contributed by atoms with Gasteiger partial charge in [-0.3, -0.25) is 4.79 Å². The molecular weight excluding hydrogens is 556 g/mol. The molecule has 8 heteroatoms. The van der Waals surface area contributed by atoms with Crippen molar-refractivity contribution in [3.63, 3.8) is 0 Å². The van der Waals surface area contributed by atoms with E-state index in [-0.39, 0.29) is 12.0 Å². The van der Waals surface area contributed by atoms with Crippen LogP contribution >= 0.6 is 0 Å². The van der Waals surface area contributed by atoms with Crippen molar-refractivity contribution < 1.29 is 28.5 Å². The molecule has 2 heterocycles. The van der Waals surface area contributed by atoms with Gasteiger partial charge in [0, 0.05) is 56.8 Å². The highest BCUT2D eigenvalue weighted by molar-refractivity contribution is 5.96. The summed E-state index contributed by atoms with van der Waals surface area (Å²) in [6.45, 7) is 5.35. The number of nitrogens with one attached hydrogen (secondary N) is 1. The van der Waals surface area contributed by atoms with Gasteiger partial charge in [0.1, 0.15) is 11.5 Å². The van der Waals surface area contributed by atoms with Gasteiger partial charge in [0.15, 0.2) is 0 Å². The number of ether oxygens (including phenoxy) is 5. The lowest BCUT2D eigenvalue weighted by molar-refractivity contribution is -0.118. The van der Waals surface area contributed by atoms with E-state index in [1.807, 2.05) is 29.2 Å². The minimum absolute atomic E-state index is 0.0615. The first-order valence-electron chi connectivity index (χ1n) is 15.8. The summed E-state index contributed by atoms with van der Waals surface area (Å²) < 4.78 is 28.9. The second kappa shape index (κ2) is 16.6. The molecule has 0 radical (unpaired) electrons. The van der Waals surface area contributed by atoms with Gasteiger partial charge in [-0.2, -0.15) is 0 Å². The third-order valence-electron chi connectivity index (χ3n) is 8.43. The number of benzene rings is 3. The Morgan fingerprint density at radius 3 is 2.61 bits per heavy atom. The summed E-state index contributed by atoms with van der Waals surface area (Å²) in [5.74, 6) is 2.21. The number of carbonyl (C=O) groups is 1. The van der Waals surface area contributed by atoms with Crippen LogP contribution in [-0.4, -0.2) is 65.7 Å². The number of amides is 1. The molecule has 2 atom stereocenters. The molecule has 1 saturated heterocycles. The second-order valence-corrected chi connectivity index (χ2v) is 11.4. The van der Waals surface area contributed by atoms with Crippen molar-refractivity contribution in [3.8, 4) is 11.5 Å². The first-order valence-corrected chi connectivity index (χ1v) is 15.8. The summed E-state index contributed by atoms with van der Waals surface area (Å²) >= 11 is 0. The van der Waals surface area contributed by atoms with Gasteiger partial charge in [-0.25, -0.2) is 0 Å².